The number of benzene rings is 2. The van der Waals surface area contributed by atoms with Crippen LogP contribution in [0.15, 0.2) is 48.5 Å². The van der Waals surface area contributed by atoms with E-state index in [0.717, 1.165) is 4.90 Å². The van der Waals surface area contributed by atoms with Crippen LogP contribution in [0.3, 0.4) is 0 Å². The van der Waals surface area contributed by atoms with Gasteiger partial charge in [-0.1, -0.05) is 6.07 Å². The Morgan fingerprint density at radius 3 is 2.45 bits per heavy atom. The van der Waals surface area contributed by atoms with Crippen LogP contribution in [-0.4, -0.2) is 46.2 Å². The molecule has 0 bridgehead atoms. The molecule has 0 radical (unpaired) electrons. The number of imide groups is 1. The molecule has 0 aromatic heterocycles. The van der Waals surface area contributed by atoms with E-state index in [4.69, 9.17) is 5.26 Å². The van der Waals surface area contributed by atoms with Gasteiger partial charge in [-0.25, -0.2) is 0 Å². The SMILES string of the molecule is N#Cc1ccc(NC(=O)C2CSCN2C(=O)c2cccc(N3C(=O)CCC3=O)c2)cc1. The third kappa shape index (κ3) is 4.15. The number of thioether (sulfide) groups is 1. The summed E-state index contributed by atoms with van der Waals surface area (Å²) in [6.45, 7) is 0. The molecule has 1 unspecified atom stereocenters. The normalized spacial score (nSPS) is 18.2. The lowest BCUT2D eigenvalue weighted by atomic mass is 10.1. The van der Waals surface area contributed by atoms with Crippen LogP contribution in [-0.2, 0) is 14.4 Å². The summed E-state index contributed by atoms with van der Waals surface area (Å²) in [4.78, 5) is 52.5. The molecule has 1 atom stereocenters. The summed E-state index contributed by atoms with van der Waals surface area (Å²) in [5, 5.41) is 11.7. The van der Waals surface area contributed by atoms with Crippen molar-refractivity contribution in [2.24, 2.45) is 0 Å². The van der Waals surface area contributed by atoms with Crippen LogP contribution in [0.4, 0.5) is 11.4 Å². The molecule has 4 rings (SSSR count). The van der Waals surface area contributed by atoms with Crippen molar-refractivity contribution in [3.63, 3.8) is 0 Å². The molecular formula is C22H18N4O4S. The molecule has 0 spiro atoms. The van der Waals surface area contributed by atoms with E-state index in [2.05, 4.69) is 5.32 Å². The van der Waals surface area contributed by atoms with E-state index in [9.17, 15) is 19.2 Å². The lowest BCUT2D eigenvalue weighted by Gasteiger charge is -2.24. The molecule has 1 N–H and O–H groups in total. The van der Waals surface area contributed by atoms with Gasteiger partial charge in [-0.2, -0.15) is 5.26 Å². The van der Waals surface area contributed by atoms with Gasteiger partial charge >= 0.3 is 0 Å². The van der Waals surface area contributed by atoms with Crippen molar-refractivity contribution in [1.82, 2.24) is 4.90 Å². The van der Waals surface area contributed by atoms with E-state index >= 15 is 0 Å². The predicted molar refractivity (Wildman–Crippen MR) is 115 cm³/mol. The van der Waals surface area contributed by atoms with E-state index in [0.29, 0.717) is 34.1 Å². The number of amides is 4. The monoisotopic (exact) mass is 434 g/mol. The Kier molecular flexibility index (Phi) is 5.73. The highest BCUT2D eigenvalue weighted by molar-refractivity contribution is 7.99. The van der Waals surface area contributed by atoms with Crippen LogP contribution in [0.2, 0.25) is 0 Å². The highest BCUT2D eigenvalue weighted by atomic mass is 32.2. The van der Waals surface area contributed by atoms with Gasteiger partial charge in [-0.05, 0) is 42.5 Å². The van der Waals surface area contributed by atoms with Crippen LogP contribution >= 0.6 is 11.8 Å². The fourth-order valence-electron chi connectivity index (χ4n) is 3.52. The Balaban J connectivity index is 1.50. The number of rotatable bonds is 4. The van der Waals surface area contributed by atoms with E-state index < -0.39 is 6.04 Å². The third-order valence-electron chi connectivity index (χ3n) is 5.13. The maximum Gasteiger partial charge on any atom is 0.255 e. The highest BCUT2D eigenvalue weighted by Crippen LogP contribution is 2.27. The van der Waals surface area contributed by atoms with Crippen molar-refractivity contribution in [2.75, 3.05) is 21.8 Å². The summed E-state index contributed by atoms with van der Waals surface area (Å²) < 4.78 is 0. The first-order chi connectivity index (χ1) is 15.0. The van der Waals surface area contributed by atoms with Crippen LogP contribution in [0.25, 0.3) is 0 Å². The van der Waals surface area contributed by atoms with Gasteiger partial charge in [-0.15, -0.1) is 11.8 Å². The number of carbonyl (C=O) groups is 4. The fraction of sp³-hybridized carbons (Fsp3) is 0.227. The van der Waals surface area contributed by atoms with Crippen LogP contribution in [0, 0.1) is 11.3 Å². The number of nitrogens with zero attached hydrogens (tertiary/aromatic N) is 3. The van der Waals surface area contributed by atoms with Crippen LogP contribution < -0.4 is 10.2 Å². The molecular weight excluding hydrogens is 416 g/mol. The summed E-state index contributed by atoms with van der Waals surface area (Å²) in [6.07, 6.45) is 0.328. The third-order valence-corrected chi connectivity index (χ3v) is 6.14. The molecule has 0 saturated carbocycles. The second-order valence-corrected chi connectivity index (χ2v) is 8.14. The van der Waals surface area contributed by atoms with Gasteiger partial charge in [0, 0.05) is 29.8 Å². The molecule has 4 amide bonds. The zero-order chi connectivity index (χ0) is 22.0. The van der Waals surface area contributed by atoms with E-state index in [1.165, 1.54) is 22.7 Å². The van der Waals surface area contributed by atoms with Gasteiger partial charge in [0.05, 0.1) is 23.2 Å². The number of nitriles is 1. The van der Waals surface area contributed by atoms with E-state index in [-0.39, 0.29) is 36.5 Å². The average molecular weight is 434 g/mol. The minimum absolute atomic E-state index is 0.164. The maximum atomic E-state index is 13.1. The topological polar surface area (TPSA) is 111 Å². The van der Waals surface area contributed by atoms with E-state index in [1.54, 1.807) is 42.5 Å². The van der Waals surface area contributed by atoms with Gasteiger partial charge in [-0.3, -0.25) is 24.1 Å². The van der Waals surface area contributed by atoms with Crippen LogP contribution in [0.1, 0.15) is 28.8 Å². The summed E-state index contributed by atoms with van der Waals surface area (Å²) in [5.41, 5.74) is 1.70. The Morgan fingerprint density at radius 1 is 1.06 bits per heavy atom. The second-order valence-electron chi connectivity index (χ2n) is 7.14. The lowest BCUT2D eigenvalue weighted by Crippen LogP contribution is -2.44. The Labute approximate surface area is 182 Å². The smallest absolute Gasteiger partial charge is 0.255 e. The summed E-state index contributed by atoms with van der Waals surface area (Å²) >= 11 is 1.47. The quantitative estimate of drug-likeness (QED) is 0.740. The fourth-order valence-corrected chi connectivity index (χ4v) is 4.68. The van der Waals surface area contributed by atoms with Gasteiger partial charge in [0.25, 0.3) is 5.91 Å². The first-order valence-electron chi connectivity index (χ1n) is 9.63. The second kappa shape index (κ2) is 8.62. The zero-order valence-electron chi connectivity index (χ0n) is 16.4. The summed E-state index contributed by atoms with van der Waals surface area (Å²) in [5.74, 6) is -0.417. The average Bonchev–Trinajstić information content (AvgIpc) is 3.40. The molecule has 31 heavy (non-hydrogen) atoms. The molecule has 2 heterocycles. The minimum Gasteiger partial charge on any atom is -0.324 e. The van der Waals surface area contributed by atoms with Crippen molar-refractivity contribution >= 4 is 46.8 Å². The predicted octanol–water partition coefficient (Wildman–Crippen LogP) is 2.37. The molecule has 2 fully saturated rings. The van der Waals surface area contributed by atoms with Crippen molar-refractivity contribution in [3.05, 3.63) is 59.7 Å². The molecule has 2 saturated heterocycles. The molecule has 2 aromatic carbocycles. The Hall–Kier alpha value is -3.64. The van der Waals surface area contributed by atoms with Gasteiger partial charge < -0.3 is 10.2 Å². The summed E-state index contributed by atoms with van der Waals surface area (Å²) in [7, 11) is 0. The van der Waals surface area contributed by atoms with Crippen LogP contribution in [0.5, 0.6) is 0 Å². The molecule has 0 aliphatic carbocycles. The van der Waals surface area contributed by atoms with Crippen molar-refractivity contribution in [3.8, 4) is 6.07 Å². The molecule has 8 nitrogen and oxygen atoms in total. The molecule has 156 valence electrons. The Bertz CT molecular complexity index is 1090. The largest absolute Gasteiger partial charge is 0.324 e. The van der Waals surface area contributed by atoms with Crippen molar-refractivity contribution < 1.29 is 19.2 Å². The number of carbonyl (C=O) groups excluding carboxylic acids is 4. The Morgan fingerprint density at radius 2 is 1.77 bits per heavy atom. The number of hydrogen-bond donors (Lipinski definition) is 1. The lowest BCUT2D eigenvalue weighted by molar-refractivity contribution is -0.121. The number of hydrogen-bond acceptors (Lipinski definition) is 6. The molecule has 2 aromatic rings. The molecule has 2 aliphatic rings. The molecule has 2 aliphatic heterocycles. The highest BCUT2D eigenvalue weighted by Gasteiger charge is 2.36. The standard InChI is InChI=1S/C22H18N4O4S/c23-11-14-4-6-16(7-5-14)24-21(29)18-12-31-13-25(18)22(30)15-2-1-3-17(10-15)26-19(27)8-9-20(26)28/h1-7,10,18H,8-9,12-13H2,(H,24,29). The number of nitrogens with one attached hydrogen (secondary N) is 1. The minimum atomic E-state index is -0.660. The molecule has 9 heteroatoms. The van der Waals surface area contributed by atoms with Crippen molar-refractivity contribution in [2.45, 2.75) is 18.9 Å². The summed E-state index contributed by atoms with van der Waals surface area (Å²) in [6, 6.07) is 14.2. The first-order valence-corrected chi connectivity index (χ1v) is 10.8. The maximum absolute atomic E-state index is 13.1. The van der Waals surface area contributed by atoms with Crippen molar-refractivity contribution in [1.29, 1.82) is 5.26 Å². The zero-order valence-corrected chi connectivity index (χ0v) is 17.2. The van der Waals surface area contributed by atoms with E-state index in [1.807, 2.05) is 6.07 Å². The first kappa shape index (κ1) is 20.6. The van der Waals surface area contributed by atoms with Gasteiger partial charge in [0.15, 0.2) is 0 Å². The number of anilines is 2. The van der Waals surface area contributed by atoms with Gasteiger partial charge in [0.2, 0.25) is 17.7 Å². The van der Waals surface area contributed by atoms with Gasteiger partial charge in [0.1, 0.15) is 6.04 Å².